The van der Waals surface area contributed by atoms with Crippen LogP contribution in [0.3, 0.4) is 0 Å². The van der Waals surface area contributed by atoms with Gasteiger partial charge in [0.05, 0.1) is 0 Å². The minimum atomic E-state index is 0.527. The van der Waals surface area contributed by atoms with Crippen LogP contribution in [0.4, 0.5) is 5.95 Å². The largest absolute Gasteiger partial charge is 0.350 e. The maximum atomic E-state index is 4.31. The van der Waals surface area contributed by atoms with Gasteiger partial charge in [-0.3, -0.25) is 0 Å². The molecule has 1 aliphatic carbocycles. The van der Waals surface area contributed by atoms with E-state index in [0.717, 1.165) is 24.3 Å². The molecule has 1 N–H and O–H groups in total. The van der Waals surface area contributed by atoms with Crippen molar-refractivity contribution < 1.29 is 0 Å². The molecule has 110 valence electrons. The third-order valence-corrected chi connectivity index (χ3v) is 5.07. The molecule has 1 aromatic heterocycles. The zero-order valence-electron chi connectivity index (χ0n) is 12.2. The molecule has 1 saturated carbocycles. The zero-order chi connectivity index (χ0) is 13.8. The Bertz CT molecular complexity index is 410. The molecule has 0 bridgehead atoms. The van der Waals surface area contributed by atoms with Crippen LogP contribution in [0.15, 0.2) is 18.5 Å². The van der Waals surface area contributed by atoms with E-state index in [0.29, 0.717) is 6.04 Å². The standard InChI is InChI=1S/C15H24N4S/c1-20-9-3-8-19-10-13(12-4-5-12)14(11-19)18-15-16-6-2-7-17-15/h2,6-7,12-14H,3-5,8-11H2,1H3,(H,16,17,18)/t13-,14+/m1/s1. The first-order valence-corrected chi connectivity index (χ1v) is 9.01. The van der Waals surface area contributed by atoms with E-state index in [2.05, 4.69) is 26.4 Å². The van der Waals surface area contributed by atoms with Crippen LogP contribution >= 0.6 is 11.8 Å². The fraction of sp³-hybridized carbons (Fsp3) is 0.733. The highest BCUT2D eigenvalue weighted by Gasteiger charge is 2.42. The van der Waals surface area contributed by atoms with Gasteiger partial charge in [0.2, 0.25) is 5.95 Å². The number of aromatic nitrogens is 2. The molecule has 5 heteroatoms. The lowest BCUT2D eigenvalue weighted by molar-refractivity contribution is 0.319. The van der Waals surface area contributed by atoms with E-state index < -0.39 is 0 Å². The second-order valence-electron chi connectivity index (χ2n) is 5.93. The van der Waals surface area contributed by atoms with Gasteiger partial charge in [-0.25, -0.2) is 9.97 Å². The lowest BCUT2D eigenvalue weighted by atomic mass is 9.98. The van der Waals surface area contributed by atoms with Crippen LogP contribution in [0.25, 0.3) is 0 Å². The summed E-state index contributed by atoms with van der Waals surface area (Å²) in [5, 5.41) is 3.56. The Morgan fingerprint density at radius 1 is 1.30 bits per heavy atom. The van der Waals surface area contributed by atoms with Crippen LogP contribution in [0.1, 0.15) is 19.3 Å². The van der Waals surface area contributed by atoms with Crippen molar-refractivity contribution in [3.8, 4) is 0 Å². The summed E-state index contributed by atoms with van der Waals surface area (Å²) in [5.41, 5.74) is 0. The van der Waals surface area contributed by atoms with E-state index in [1.807, 2.05) is 30.2 Å². The van der Waals surface area contributed by atoms with E-state index in [4.69, 9.17) is 0 Å². The molecule has 0 spiro atoms. The molecule has 1 saturated heterocycles. The highest BCUT2D eigenvalue weighted by molar-refractivity contribution is 7.98. The third kappa shape index (κ3) is 3.64. The van der Waals surface area contributed by atoms with Crippen molar-refractivity contribution in [2.24, 2.45) is 11.8 Å². The first-order valence-electron chi connectivity index (χ1n) is 7.61. The number of hydrogen-bond donors (Lipinski definition) is 1. The fourth-order valence-corrected chi connectivity index (χ4v) is 3.64. The van der Waals surface area contributed by atoms with E-state index >= 15 is 0 Å². The Morgan fingerprint density at radius 2 is 2.10 bits per heavy atom. The van der Waals surface area contributed by atoms with Gasteiger partial charge in [0.1, 0.15) is 0 Å². The maximum absolute atomic E-state index is 4.31. The topological polar surface area (TPSA) is 41.0 Å². The molecule has 2 heterocycles. The average Bonchev–Trinajstić information content (AvgIpc) is 3.24. The molecule has 0 amide bonds. The second kappa shape index (κ2) is 6.76. The molecule has 4 nitrogen and oxygen atoms in total. The Morgan fingerprint density at radius 3 is 2.80 bits per heavy atom. The first kappa shape index (κ1) is 14.1. The molecular weight excluding hydrogens is 268 g/mol. The summed E-state index contributed by atoms with van der Waals surface area (Å²) >= 11 is 1.95. The van der Waals surface area contributed by atoms with Crippen molar-refractivity contribution in [2.45, 2.75) is 25.3 Å². The van der Waals surface area contributed by atoms with Crippen LogP contribution in [0.5, 0.6) is 0 Å². The quantitative estimate of drug-likeness (QED) is 0.781. The fourth-order valence-electron chi connectivity index (χ4n) is 3.22. The summed E-state index contributed by atoms with van der Waals surface area (Å²) in [7, 11) is 0. The summed E-state index contributed by atoms with van der Waals surface area (Å²) in [6.45, 7) is 3.63. The molecule has 0 radical (unpaired) electrons. The van der Waals surface area contributed by atoms with Crippen LogP contribution in [0.2, 0.25) is 0 Å². The lowest BCUT2D eigenvalue weighted by Crippen LogP contribution is -2.30. The second-order valence-corrected chi connectivity index (χ2v) is 6.92. The van der Waals surface area contributed by atoms with Crippen LogP contribution < -0.4 is 5.32 Å². The Hall–Kier alpha value is -0.810. The Labute approximate surface area is 125 Å². The third-order valence-electron chi connectivity index (χ3n) is 4.37. The van der Waals surface area contributed by atoms with Gasteiger partial charge >= 0.3 is 0 Å². The summed E-state index contributed by atoms with van der Waals surface area (Å²) < 4.78 is 0. The maximum Gasteiger partial charge on any atom is 0.222 e. The van der Waals surface area contributed by atoms with Crippen molar-refractivity contribution in [3.05, 3.63) is 18.5 Å². The summed E-state index contributed by atoms with van der Waals surface area (Å²) in [6, 6.07) is 2.39. The molecule has 20 heavy (non-hydrogen) atoms. The van der Waals surface area contributed by atoms with Gasteiger partial charge in [-0.05, 0) is 55.7 Å². The van der Waals surface area contributed by atoms with Crippen molar-refractivity contribution >= 4 is 17.7 Å². The molecule has 2 fully saturated rings. The molecule has 0 aromatic carbocycles. The number of nitrogens with one attached hydrogen (secondary N) is 1. The van der Waals surface area contributed by atoms with E-state index in [9.17, 15) is 0 Å². The zero-order valence-corrected chi connectivity index (χ0v) is 13.0. The molecular formula is C15H24N4S. The van der Waals surface area contributed by atoms with Crippen molar-refractivity contribution in [1.82, 2.24) is 14.9 Å². The van der Waals surface area contributed by atoms with Crippen molar-refractivity contribution in [1.29, 1.82) is 0 Å². The SMILES string of the molecule is CSCCCN1C[C@H](Nc2ncccn2)[C@@H](C2CC2)C1. The van der Waals surface area contributed by atoms with Gasteiger partial charge < -0.3 is 10.2 Å². The average molecular weight is 292 g/mol. The summed E-state index contributed by atoms with van der Waals surface area (Å²) in [6.07, 6.45) is 9.94. The predicted molar refractivity (Wildman–Crippen MR) is 85.1 cm³/mol. The number of anilines is 1. The molecule has 2 atom stereocenters. The van der Waals surface area contributed by atoms with Gasteiger partial charge in [-0.1, -0.05) is 0 Å². The number of thioether (sulfide) groups is 1. The predicted octanol–water partition coefficient (Wildman–Crippen LogP) is 2.35. The monoisotopic (exact) mass is 292 g/mol. The molecule has 1 aliphatic heterocycles. The van der Waals surface area contributed by atoms with Crippen molar-refractivity contribution in [3.63, 3.8) is 0 Å². The van der Waals surface area contributed by atoms with Crippen LogP contribution in [-0.4, -0.2) is 52.6 Å². The number of likely N-dealkylation sites (tertiary alicyclic amines) is 1. The molecule has 0 unspecified atom stereocenters. The minimum absolute atomic E-state index is 0.527. The van der Waals surface area contributed by atoms with E-state index in [1.54, 1.807) is 0 Å². The van der Waals surface area contributed by atoms with Gasteiger partial charge in [0.25, 0.3) is 0 Å². The molecule has 1 aromatic rings. The van der Waals surface area contributed by atoms with E-state index in [-0.39, 0.29) is 0 Å². The minimum Gasteiger partial charge on any atom is -0.350 e. The molecule has 2 aliphatic rings. The number of rotatable bonds is 7. The van der Waals surface area contributed by atoms with Gasteiger partial charge in [-0.2, -0.15) is 11.8 Å². The summed E-state index contributed by atoms with van der Waals surface area (Å²) in [4.78, 5) is 11.3. The lowest BCUT2D eigenvalue weighted by Gasteiger charge is -2.19. The molecule has 3 rings (SSSR count). The van der Waals surface area contributed by atoms with Crippen LogP contribution in [0, 0.1) is 11.8 Å². The van der Waals surface area contributed by atoms with Gasteiger partial charge in [-0.15, -0.1) is 0 Å². The van der Waals surface area contributed by atoms with Gasteiger partial charge in [0.15, 0.2) is 0 Å². The summed E-state index contributed by atoms with van der Waals surface area (Å²) in [5.74, 6) is 3.77. The number of nitrogens with zero attached hydrogens (tertiary/aromatic N) is 3. The smallest absolute Gasteiger partial charge is 0.222 e. The van der Waals surface area contributed by atoms with Gasteiger partial charge in [0, 0.05) is 31.5 Å². The Balaban J connectivity index is 1.57. The number of hydrogen-bond acceptors (Lipinski definition) is 5. The Kier molecular flexibility index (Phi) is 4.78. The van der Waals surface area contributed by atoms with E-state index in [1.165, 1.54) is 38.1 Å². The highest BCUT2D eigenvalue weighted by Crippen LogP contribution is 2.42. The van der Waals surface area contributed by atoms with Crippen LogP contribution in [-0.2, 0) is 0 Å². The normalized spacial score (nSPS) is 26.9. The highest BCUT2D eigenvalue weighted by atomic mass is 32.2. The van der Waals surface area contributed by atoms with Crippen molar-refractivity contribution in [2.75, 3.05) is 37.0 Å². The first-order chi connectivity index (χ1) is 9.86.